The van der Waals surface area contributed by atoms with Gasteiger partial charge in [0.15, 0.2) is 0 Å². The maximum Gasteiger partial charge on any atom is 0.110 e. The molecule has 0 heterocycles. The summed E-state index contributed by atoms with van der Waals surface area (Å²) < 4.78 is 12.7. The lowest BCUT2D eigenvalue weighted by Gasteiger charge is -2.03. The third-order valence-corrected chi connectivity index (χ3v) is 2.74. The summed E-state index contributed by atoms with van der Waals surface area (Å²) in [7, 11) is 0. The number of unbranched alkanes of at least 4 members (excludes halogenated alkanes) is 5. The van der Waals surface area contributed by atoms with Crippen LogP contribution in [0.15, 0.2) is 0 Å². The third-order valence-electron chi connectivity index (χ3n) is 2.04. The van der Waals surface area contributed by atoms with Gasteiger partial charge in [-0.2, -0.15) is 0 Å². The van der Waals surface area contributed by atoms with Crippen LogP contribution in [0.2, 0.25) is 0 Å². The molecular weight excluding hydrogens is 219 g/mol. The molecule has 0 radical (unpaired) electrons. The molecule has 0 aromatic carbocycles. The van der Waals surface area contributed by atoms with E-state index in [2.05, 4.69) is 22.9 Å². The van der Waals surface area contributed by atoms with Crippen LogP contribution in [-0.2, 0) is 0 Å². The van der Waals surface area contributed by atoms with Crippen LogP contribution in [0.1, 0.15) is 51.9 Å². The highest BCUT2D eigenvalue weighted by molar-refractivity contribution is 9.09. The van der Waals surface area contributed by atoms with Crippen LogP contribution < -0.4 is 0 Å². The van der Waals surface area contributed by atoms with Gasteiger partial charge in [0.25, 0.3) is 0 Å². The summed E-state index contributed by atoms with van der Waals surface area (Å²) in [5.41, 5.74) is 0. The second-order valence-electron chi connectivity index (χ2n) is 3.31. The lowest BCUT2D eigenvalue weighted by atomic mass is 10.1. The van der Waals surface area contributed by atoms with Crippen molar-refractivity contribution in [3.05, 3.63) is 0 Å². The molecule has 12 heavy (non-hydrogen) atoms. The highest BCUT2D eigenvalue weighted by atomic mass is 79.9. The zero-order valence-corrected chi connectivity index (χ0v) is 9.58. The van der Waals surface area contributed by atoms with E-state index in [4.69, 9.17) is 0 Å². The smallest absolute Gasteiger partial charge is 0.110 e. The number of halogens is 2. The SMILES string of the molecule is CCCCCCCCC(F)CBr. The minimum Gasteiger partial charge on any atom is -0.247 e. The standard InChI is InChI=1S/C10H20BrF/c1-2-3-4-5-6-7-8-10(12)9-11/h10H,2-9H2,1H3. The molecule has 1 atom stereocenters. The first-order valence-electron chi connectivity index (χ1n) is 5.01. The van der Waals surface area contributed by atoms with Crippen molar-refractivity contribution in [2.75, 3.05) is 5.33 Å². The minimum absolute atomic E-state index is 0.502. The summed E-state index contributed by atoms with van der Waals surface area (Å²) in [6.07, 6.45) is 7.58. The summed E-state index contributed by atoms with van der Waals surface area (Å²) in [6, 6.07) is 0. The monoisotopic (exact) mass is 238 g/mol. The van der Waals surface area contributed by atoms with Gasteiger partial charge in [-0.05, 0) is 6.42 Å². The largest absolute Gasteiger partial charge is 0.247 e. The molecule has 2 heteroatoms. The Morgan fingerprint density at radius 3 is 2.25 bits per heavy atom. The van der Waals surface area contributed by atoms with Gasteiger partial charge in [0, 0.05) is 5.33 Å². The molecule has 0 saturated heterocycles. The second kappa shape index (κ2) is 9.50. The molecule has 0 amide bonds. The van der Waals surface area contributed by atoms with Gasteiger partial charge in [-0.3, -0.25) is 0 Å². The van der Waals surface area contributed by atoms with Crippen molar-refractivity contribution in [3.8, 4) is 0 Å². The molecule has 0 spiro atoms. The summed E-state index contributed by atoms with van der Waals surface area (Å²) in [5, 5.41) is 0.502. The van der Waals surface area contributed by atoms with Crippen molar-refractivity contribution in [3.63, 3.8) is 0 Å². The van der Waals surface area contributed by atoms with Crippen LogP contribution in [0.4, 0.5) is 4.39 Å². The molecule has 0 fully saturated rings. The first kappa shape index (κ1) is 12.4. The average molecular weight is 239 g/mol. The molecule has 0 aliphatic rings. The Morgan fingerprint density at radius 2 is 1.67 bits per heavy atom. The fourth-order valence-electron chi connectivity index (χ4n) is 1.22. The molecule has 0 rings (SSSR count). The molecular formula is C10H20BrF. The number of hydrogen-bond donors (Lipinski definition) is 0. The normalized spacial score (nSPS) is 13.2. The van der Waals surface area contributed by atoms with E-state index in [9.17, 15) is 4.39 Å². The van der Waals surface area contributed by atoms with E-state index in [1.54, 1.807) is 0 Å². The van der Waals surface area contributed by atoms with Crippen LogP contribution in [-0.4, -0.2) is 11.5 Å². The summed E-state index contributed by atoms with van der Waals surface area (Å²) in [6.45, 7) is 2.21. The Kier molecular flexibility index (Phi) is 9.82. The molecule has 1 unspecified atom stereocenters. The van der Waals surface area contributed by atoms with Crippen LogP contribution >= 0.6 is 15.9 Å². The topological polar surface area (TPSA) is 0 Å². The van der Waals surface area contributed by atoms with Crippen LogP contribution in [0.25, 0.3) is 0 Å². The zero-order valence-electron chi connectivity index (χ0n) is 7.99. The lowest BCUT2D eigenvalue weighted by Crippen LogP contribution is -2.00. The Labute approximate surface area is 84.1 Å². The van der Waals surface area contributed by atoms with E-state index >= 15 is 0 Å². The molecule has 74 valence electrons. The first-order chi connectivity index (χ1) is 5.81. The highest BCUT2D eigenvalue weighted by Gasteiger charge is 2.02. The predicted octanol–water partition coefficient (Wildman–Crippen LogP) is 4.47. The van der Waals surface area contributed by atoms with E-state index < -0.39 is 6.17 Å². The Hall–Kier alpha value is 0.410. The van der Waals surface area contributed by atoms with E-state index in [1.165, 1.54) is 32.1 Å². The van der Waals surface area contributed by atoms with Gasteiger partial charge >= 0.3 is 0 Å². The first-order valence-corrected chi connectivity index (χ1v) is 6.13. The van der Waals surface area contributed by atoms with Gasteiger partial charge in [0.1, 0.15) is 6.17 Å². The lowest BCUT2D eigenvalue weighted by molar-refractivity contribution is 0.337. The molecule has 0 aliphatic carbocycles. The molecule has 0 N–H and O–H groups in total. The Balaban J connectivity index is 2.90. The number of alkyl halides is 2. The van der Waals surface area contributed by atoms with Crippen molar-refractivity contribution in [1.29, 1.82) is 0 Å². The Bertz CT molecular complexity index is 85.9. The minimum atomic E-state index is -0.629. The van der Waals surface area contributed by atoms with E-state index in [1.807, 2.05) is 0 Å². The zero-order chi connectivity index (χ0) is 9.23. The average Bonchev–Trinajstić information content (AvgIpc) is 2.10. The maximum absolute atomic E-state index is 12.7. The number of hydrogen-bond acceptors (Lipinski definition) is 0. The molecule has 0 saturated carbocycles. The second-order valence-corrected chi connectivity index (χ2v) is 3.96. The predicted molar refractivity (Wildman–Crippen MR) is 56.7 cm³/mol. The van der Waals surface area contributed by atoms with Gasteiger partial charge in [-0.25, -0.2) is 4.39 Å². The van der Waals surface area contributed by atoms with Crippen molar-refractivity contribution in [2.24, 2.45) is 0 Å². The summed E-state index contributed by atoms with van der Waals surface area (Å²) >= 11 is 3.13. The molecule has 0 aromatic rings. The van der Waals surface area contributed by atoms with Gasteiger partial charge in [0.2, 0.25) is 0 Å². The molecule has 0 aliphatic heterocycles. The van der Waals surface area contributed by atoms with Gasteiger partial charge in [-0.15, -0.1) is 0 Å². The molecule has 0 bridgehead atoms. The van der Waals surface area contributed by atoms with E-state index in [0.29, 0.717) is 5.33 Å². The highest BCUT2D eigenvalue weighted by Crippen LogP contribution is 2.11. The van der Waals surface area contributed by atoms with Crippen molar-refractivity contribution < 1.29 is 4.39 Å². The van der Waals surface area contributed by atoms with Crippen LogP contribution in [0.5, 0.6) is 0 Å². The van der Waals surface area contributed by atoms with Crippen molar-refractivity contribution in [2.45, 2.75) is 58.0 Å². The summed E-state index contributed by atoms with van der Waals surface area (Å²) in [5.74, 6) is 0. The maximum atomic E-state index is 12.7. The quantitative estimate of drug-likeness (QED) is 0.433. The molecule has 0 nitrogen and oxygen atoms in total. The Morgan fingerprint density at radius 1 is 1.08 bits per heavy atom. The fourth-order valence-corrected chi connectivity index (χ4v) is 1.55. The van der Waals surface area contributed by atoms with Gasteiger partial charge < -0.3 is 0 Å². The van der Waals surface area contributed by atoms with Crippen molar-refractivity contribution >= 4 is 15.9 Å². The summed E-state index contributed by atoms with van der Waals surface area (Å²) in [4.78, 5) is 0. The van der Waals surface area contributed by atoms with Gasteiger partial charge in [-0.1, -0.05) is 61.4 Å². The number of rotatable bonds is 8. The third kappa shape index (κ3) is 8.51. The fraction of sp³-hybridized carbons (Fsp3) is 1.00. The van der Waals surface area contributed by atoms with E-state index in [0.717, 1.165) is 12.8 Å². The molecule has 0 aromatic heterocycles. The van der Waals surface area contributed by atoms with Crippen LogP contribution in [0.3, 0.4) is 0 Å². The van der Waals surface area contributed by atoms with Crippen LogP contribution in [0, 0.1) is 0 Å². The van der Waals surface area contributed by atoms with E-state index in [-0.39, 0.29) is 0 Å². The van der Waals surface area contributed by atoms with Gasteiger partial charge in [0.05, 0.1) is 0 Å². The van der Waals surface area contributed by atoms with Crippen molar-refractivity contribution in [1.82, 2.24) is 0 Å².